The lowest BCUT2D eigenvalue weighted by Crippen LogP contribution is -3.08. The number of halogens is 1. The SMILES string of the molecule is O=C(Nc1ccc(F)cc1)c1ccc(C[NH+](Cc2ccccc2)Cc2ccccc2)o1. The standard InChI is InChI=1S/C26H23FN2O2/c27-22-11-13-23(14-12-22)28-26(30)25-16-15-24(31-25)19-29(17-20-7-3-1-4-8-20)18-21-9-5-2-6-10-21/h1-16H,17-19H2,(H,28,30)/p+1. The van der Waals surface area contributed by atoms with Gasteiger partial charge in [-0.3, -0.25) is 4.79 Å². The Morgan fingerprint density at radius 2 is 1.32 bits per heavy atom. The van der Waals surface area contributed by atoms with Crippen LogP contribution in [0.5, 0.6) is 0 Å². The Hall–Kier alpha value is -3.70. The van der Waals surface area contributed by atoms with E-state index in [1.54, 1.807) is 6.07 Å². The fraction of sp³-hybridized carbons (Fsp3) is 0.115. The minimum absolute atomic E-state index is 0.234. The summed E-state index contributed by atoms with van der Waals surface area (Å²) in [7, 11) is 0. The largest absolute Gasteiger partial charge is 0.450 e. The molecule has 0 aliphatic rings. The van der Waals surface area contributed by atoms with Gasteiger partial charge in [-0.15, -0.1) is 0 Å². The molecule has 5 heteroatoms. The summed E-state index contributed by atoms with van der Waals surface area (Å²) in [6, 6.07) is 29.8. The molecule has 0 radical (unpaired) electrons. The number of hydrogen-bond acceptors (Lipinski definition) is 2. The van der Waals surface area contributed by atoms with Crippen molar-refractivity contribution in [1.29, 1.82) is 0 Å². The highest BCUT2D eigenvalue weighted by atomic mass is 19.1. The van der Waals surface area contributed by atoms with Crippen molar-refractivity contribution in [2.24, 2.45) is 0 Å². The second-order valence-electron chi connectivity index (χ2n) is 7.48. The number of benzene rings is 3. The Labute approximate surface area is 180 Å². The highest BCUT2D eigenvalue weighted by Gasteiger charge is 2.17. The first-order valence-electron chi connectivity index (χ1n) is 10.2. The van der Waals surface area contributed by atoms with Crippen molar-refractivity contribution in [3.63, 3.8) is 0 Å². The summed E-state index contributed by atoms with van der Waals surface area (Å²) in [5.41, 5.74) is 3.01. The average Bonchev–Trinajstić information content (AvgIpc) is 3.25. The predicted molar refractivity (Wildman–Crippen MR) is 118 cm³/mol. The molecular formula is C26H24FN2O2+. The van der Waals surface area contributed by atoms with Gasteiger partial charge in [-0.05, 0) is 36.4 Å². The van der Waals surface area contributed by atoms with Gasteiger partial charge in [-0.25, -0.2) is 4.39 Å². The van der Waals surface area contributed by atoms with Crippen LogP contribution in [-0.2, 0) is 19.6 Å². The molecule has 31 heavy (non-hydrogen) atoms. The van der Waals surface area contributed by atoms with Gasteiger partial charge in [0.15, 0.2) is 11.5 Å². The zero-order chi connectivity index (χ0) is 21.5. The van der Waals surface area contributed by atoms with E-state index in [1.807, 2.05) is 42.5 Å². The van der Waals surface area contributed by atoms with E-state index in [0.717, 1.165) is 18.8 Å². The molecule has 2 N–H and O–H groups in total. The zero-order valence-corrected chi connectivity index (χ0v) is 17.1. The van der Waals surface area contributed by atoms with Crippen LogP contribution in [0.3, 0.4) is 0 Å². The Balaban J connectivity index is 1.45. The molecule has 3 aromatic carbocycles. The monoisotopic (exact) mass is 415 g/mol. The van der Waals surface area contributed by atoms with Crippen LogP contribution in [0.1, 0.15) is 27.4 Å². The lowest BCUT2D eigenvalue weighted by atomic mass is 10.1. The van der Waals surface area contributed by atoms with Crippen LogP contribution in [-0.4, -0.2) is 5.91 Å². The number of amides is 1. The van der Waals surface area contributed by atoms with Crippen LogP contribution in [0, 0.1) is 5.82 Å². The van der Waals surface area contributed by atoms with E-state index in [1.165, 1.54) is 40.3 Å². The lowest BCUT2D eigenvalue weighted by molar-refractivity contribution is -0.942. The van der Waals surface area contributed by atoms with Crippen LogP contribution in [0.25, 0.3) is 0 Å². The molecule has 1 amide bonds. The van der Waals surface area contributed by atoms with Crippen molar-refractivity contribution in [3.05, 3.63) is 126 Å². The highest BCUT2D eigenvalue weighted by molar-refractivity contribution is 6.02. The number of hydrogen-bond donors (Lipinski definition) is 2. The van der Waals surface area contributed by atoms with Gasteiger partial charge in [0.25, 0.3) is 5.91 Å². The van der Waals surface area contributed by atoms with Gasteiger partial charge < -0.3 is 14.6 Å². The van der Waals surface area contributed by atoms with E-state index in [4.69, 9.17) is 4.42 Å². The summed E-state index contributed by atoms with van der Waals surface area (Å²) in [4.78, 5) is 13.8. The molecule has 1 heterocycles. The van der Waals surface area contributed by atoms with Crippen molar-refractivity contribution in [1.82, 2.24) is 0 Å². The molecule has 0 spiro atoms. The van der Waals surface area contributed by atoms with Crippen molar-refractivity contribution < 1.29 is 18.5 Å². The van der Waals surface area contributed by atoms with E-state index in [0.29, 0.717) is 12.2 Å². The number of carbonyl (C=O) groups excluding carboxylic acids is 1. The molecule has 156 valence electrons. The topological polar surface area (TPSA) is 46.7 Å². The van der Waals surface area contributed by atoms with Crippen LogP contribution in [0.4, 0.5) is 10.1 Å². The maximum absolute atomic E-state index is 13.1. The summed E-state index contributed by atoms with van der Waals surface area (Å²) in [6.07, 6.45) is 0. The van der Waals surface area contributed by atoms with Gasteiger partial charge in [0.1, 0.15) is 25.5 Å². The van der Waals surface area contributed by atoms with Crippen LogP contribution < -0.4 is 10.2 Å². The van der Waals surface area contributed by atoms with Gasteiger partial charge in [-0.1, -0.05) is 60.7 Å². The number of anilines is 1. The molecule has 0 aliphatic carbocycles. The van der Waals surface area contributed by atoms with Gasteiger partial charge in [0.05, 0.1) is 0 Å². The van der Waals surface area contributed by atoms with Gasteiger partial charge in [-0.2, -0.15) is 0 Å². The lowest BCUT2D eigenvalue weighted by Gasteiger charge is -2.19. The number of carbonyl (C=O) groups is 1. The van der Waals surface area contributed by atoms with Crippen molar-refractivity contribution in [2.75, 3.05) is 5.32 Å². The summed E-state index contributed by atoms with van der Waals surface area (Å²) >= 11 is 0. The normalized spacial score (nSPS) is 10.9. The van der Waals surface area contributed by atoms with E-state index in [-0.39, 0.29) is 17.5 Å². The summed E-state index contributed by atoms with van der Waals surface area (Å²) in [5, 5.41) is 2.73. The minimum Gasteiger partial charge on any atom is -0.450 e. The second kappa shape index (κ2) is 9.87. The molecule has 0 atom stereocenters. The number of nitrogens with one attached hydrogen (secondary N) is 2. The maximum atomic E-state index is 13.1. The molecule has 0 saturated carbocycles. The Bertz CT molecular complexity index is 1070. The number of quaternary nitrogens is 1. The van der Waals surface area contributed by atoms with Crippen molar-refractivity contribution in [3.8, 4) is 0 Å². The summed E-state index contributed by atoms with van der Waals surface area (Å²) in [5.74, 6) is 0.271. The molecule has 4 rings (SSSR count). The quantitative estimate of drug-likeness (QED) is 0.447. The Morgan fingerprint density at radius 3 is 1.90 bits per heavy atom. The van der Waals surface area contributed by atoms with Gasteiger partial charge in [0, 0.05) is 16.8 Å². The zero-order valence-electron chi connectivity index (χ0n) is 17.1. The molecule has 0 aliphatic heterocycles. The van der Waals surface area contributed by atoms with E-state index in [9.17, 15) is 9.18 Å². The van der Waals surface area contributed by atoms with Gasteiger partial charge in [0.2, 0.25) is 0 Å². The molecular weight excluding hydrogens is 391 g/mol. The minimum atomic E-state index is -0.356. The fourth-order valence-corrected chi connectivity index (χ4v) is 3.52. The van der Waals surface area contributed by atoms with Crippen LogP contribution in [0.2, 0.25) is 0 Å². The molecule has 4 aromatic rings. The van der Waals surface area contributed by atoms with Crippen molar-refractivity contribution >= 4 is 11.6 Å². The predicted octanol–water partition coefficient (Wildman–Crippen LogP) is 4.46. The van der Waals surface area contributed by atoms with Crippen LogP contribution in [0.15, 0.2) is 101 Å². The number of furan rings is 1. The average molecular weight is 415 g/mol. The first-order chi connectivity index (χ1) is 15.2. The third-order valence-electron chi connectivity index (χ3n) is 5.01. The molecule has 1 aromatic heterocycles. The highest BCUT2D eigenvalue weighted by Crippen LogP contribution is 2.13. The first-order valence-corrected chi connectivity index (χ1v) is 10.2. The summed E-state index contributed by atoms with van der Waals surface area (Å²) in [6.45, 7) is 2.33. The van der Waals surface area contributed by atoms with Crippen molar-refractivity contribution in [2.45, 2.75) is 19.6 Å². The van der Waals surface area contributed by atoms with E-state index >= 15 is 0 Å². The van der Waals surface area contributed by atoms with Crippen LogP contribution >= 0.6 is 0 Å². The third-order valence-corrected chi connectivity index (χ3v) is 5.01. The molecule has 0 unspecified atom stereocenters. The maximum Gasteiger partial charge on any atom is 0.291 e. The Kier molecular flexibility index (Phi) is 6.55. The first kappa shape index (κ1) is 20.6. The van der Waals surface area contributed by atoms with E-state index < -0.39 is 0 Å². The number of rotatable bonds is 8. The molecule has 0 fully saturated rings. The molecule has 4 nitrogen and oxygen atoms in total. The Morgan fingerprint density at radius 1 is 0.742 bits per heavy atom. The molecule has 0 bridgehead atoms. The van der Waals surface area contributed by atoms with Gasteiger partial charge >= 0.3 is 0 Å². The smallest absolute Gasteiger partial charge is 0.291 e. The molecule has 0 saturated heterocycles. The fourth-order valence-electron chi connectivity index (χ4n) is 3.52. The second-order valence-corrected chi connectivity index (χ2v) is 7.48. The summed E-state index contributed by atoms with van der Waals surface area (Å²) < 4.78 is 18.9. The third kappa shape index (κ3) is 5.90. The van der Waals surface area contributed by atoms with E-state index in [2.05, 4.69) is 29.6 Å².